The van der Waals surface area contributed by atoms with Crippen molar-refractivity contribution >= 4 is 0 Å². The molecule has 2 nitrogen and oxygen atoms in total. The summed E-state index contributed by atoms with van der Waals surface area (Å²) in [6.45, 7) is 2.60. The highest BCUT2D eigenvalue weighted by atomic mass is 16.3. The van der Waals surface area contributed by atoms with Crippen molar-refractivity contribution in [3.8, 4) is 11.3 Å². The first kappa shape index (κ1) is 9.99. The Bertz CT molecular complexity index is 428. The fourth-order valence-corrected chi connectivity index (χ4v) is 1.55. The third-order valence-electron chi connectivity index (χ3n) is 2.51. The molecule has 0 saturated heterocycles. The van der Waals surface area contributed by atoms with Crippen LogP contribution in [0, 0.1) is 0 Å². The van der Waals surface area contributed by atoms with Crippen LogP contribution >= 0.6 is 0 Å². The standard InChI is InChI=1S/C13H15NO/c1-2-10-3-5-11(6-4-10)13-8-7-12(9-14)15-13/h3-8H,2,9,14H2,1H3. The summed E-state index contributed by atoms with van der Waals surface area (Å²) >= 11 is 0. The SMILES string of the molecule is CCc1ccc(-c2ccc(CN)o2)cc1. The third kappa shape index (κ3) is 2.10. The molecule has 1 aromatic heterocycles. The first-order valence-electron chi connectivity index (χ1n) is 5.21. The molecule has 0 saturated carbocycles. The molecule has 0 unspecified atom stereocenters. The molecule has 78 valence electrons. The van der Waals surface area contributed by atoms with Crippen molar-refractivity contribution in [1.82, 2.24) is 0 Å². The summed E-state index contributed by atoms with van der Waals surface area (Å²) in [5.41, 5.74) is 7.93. The van der Waals surface area contributed by atoms with Gasteiger partial charge in [-0.05, 0) is 24.1 Å². The lowest BCUT2D eigenvalue weighted by atomic mass is 10.1. The van der Waals surface area contributed by atoms with Crippen LogP contribution in [0.15, 0.2) is 40.8 Å². The molecular weight excluding hydrogens is 186 g/mol. The lowest BCUT2D eigenvalue weighted by molar-refractivity contribution is 0.525. The summed E-state index contributed by atoms with van der Waals surface area (Å²) in [5, 5.41) is 0. The van der Waals surface area contributed by atoms with E-state index in [0.29, 0.717) is 6.54 Å². The van der Waals surface area contributed by atoms with Gasteiger partial charge in [-0.25, -0.2) is 0 Å². The van der Waals surface area contributed by atoms with E-state index in [2.05, 4.69) is 31.2 Å². The van der Waals surface area contributed by atoms with E-state index in [9.17, 15) is 0 Å². The molecular formula is C13H15NO. The van der Waals surface area contributed by atoms with Crippen LogP contribution in [-0.2, 0) is 13.0 Å². The van der Waals surface area contributed by atoms with Crippen LogP contribution in [0.5, 0.6) is 0 Å². The molecule has 1 aromatic carbocycles. The van der Waals surface area contributed by atoms with E-state index >= 15 is 0 Å². The fourth-order valence-electron chi connectivity index (χ4n) is 1.55. The molecule has 0 aliphatic rings. The van der Waals surface area contributed by atoms with Crippen molar-refractivity contribution < 1.29 is 4.42 Å². The molecule has 2 aromatic rings. The van der Waals surface area contributed by atoms with E-state index in [0.717, 1.165) is 23.5 Å². The second kappa shape index (κ2) is 4.32. The highest BCUT2D eigenvalue weighted by Crippen LogP contribution is 2.22. The molecule has 0 aliphatic heterocycles. The summed E-state index contributed by atoms with van der Waals surface area (Å²) in [7, 11) is 0. The Morgan fingerprint density at radius 3 is 2.33 bits per heavy atom. The van der Waals surface area contributed by atoms with Crippen molar-refractivity contribution in [2.45, 2.75) is 19.9 Å². The molecule has 2 heteroatoms. The highest BCUT2D eigenvalue weighted by molar-refractivity contribution is 5.57. The van der Waals surface area contributed by atoms with E-state index in [1.165, 1.54) is 5.56 Å². The molecule has 0 spiro atoms. The summed E-state index contributed by atoms with van der Waals surface area (Å²) in [5.74, 6) is 1.71. The van der Waals surface area contributed by atoms with Crippen molar-refractivity contribution in [3.63, 3.8) is 0 Å². The van der Waals surface area contributed by atoms with Gasteiger partial charge in [-0.2, -0.15) is 0 Å². The van der Waals surface area contributed by atoms with Gasteiger partial charge in [-0.1, -0.05) is 31.2 Å². The van der Waals surface area contributed by atoms with Crippen LogP contribution in [0.2, 0.25) is 0 Å². The minimum atomic E-state index is 0.451. The molecule has 15 heavy (non-hydrogen) atoms. The van der Waals surface area contributed by atoms with Gasteiger partial charge in [0.1, 0.15) is 11.5 Å². The van der Waals surface area contributed by atoms with Crippen LogP contribution in [0.1, 0.15) is 18.2 Å². The van der Waals surface area contributed by atoms with Gasteiger partial charge in [0.2, 0.25) is 0 Å². The fraction of sp³-hybridized carbons (Fsp3) is 0.231. The van der Waals surface area contributed by atoms with Gasteiger partial charge in [-0.3, -0.25) is 0 Å². The van der Waals surface area contributed by atoms with Gasteiger partial charge in [-0.15, -0.1) is 0 Å². The van der Waals surface area contributed by atoms with E-state index in [4.69, 9.17) is 10.2 Å². The molecule has 1 heterocycles. The molecule has 2 N–H and O–H groups in total. The Morgan fingerprint density at radius 1 is 1.07 bits per heavy atom. The average Bonchev–Trinajstić information content (AvgIpc) is 2.78. The normalized spacial score (nSPS) is 10.5. The Labute approximate surface area is 89.7 Å². The summed E-state index contributed by atoms with van der Waals surface area (Å²) in [6, 6.07) is 12.3. The first-order chi connectivity index (χ1) is 7.33. The van der Waals surface area contributed by atoms with Gasteiger partial charge in [0.05, 0.1) is 6.54 Å². The van der Waals surface area contributed by atoms with Crippen LogP contribution in [-0.4, -0.2) is 0 Å². The minimum absolute atomic E-state index is 0.451. The van der Waals surface area contributed by atoms with Gasteiger partial charge < -0.3 is 10.2 Å². The molecule has 0 aliphatic carbocycles. The number of hydrogen-bond donors (Lipinski definition) is 1. The number of hydrogen-bond acceptors (Lipinski definition) is 2. The van der Waals surface area contributed by atoms with Gasteiger partial charge in [0.15, 0.2) is 0 Å². The van der Waals surface area contributed by atoms with Gasteiger partial charge in [0, 0.05) is 5.56 Å². The van der Waals surface area contributed by atoms with Crippen molar-refractivity contribution in [3.05, 3.63) is 47.7 Å². The summed E-state index contributed by atoms with van der Waals surface area (Å²) in [6.07, 6.45) is 1.06. The summed E-state index contributed by atoms with van der Waals surface area (Å²) in [4.78, 5) is 0. The molecule has 0 bridgehead atoms. The molecule has 0 amide bonds. The van der Waals surface area contributed by atoms with Crippen LogP contribution in [0.4, 0.5) is 0 Å². The maximum Gasteiger partial charge on any atom is 0.134 e. The zero-order valence-electron chi connectivity index (χ0n) is 8.86. The Morgan fingerprint density at radius 2 is 1.80 bits per heavy atom. The quantitative estimate of drug-likeness (QED) is 0.829. The van der Waals surface area contributed by atoms with Crippen molar-refractivity contribution in [2.75, 3.05) is 0 Å². The predicted octanol–water partition coefficient (Wildman–Crippen LogP) is 2.97. The van der Waals surface area contributed by atoms with Crippen molar-refractivity contribution in [2.24, 2.45) is 5.73 Å². The smallest absolute Gasteiger partial charge is 0.134 e. The average molecular weight is 201 g/mol. The zero-order valence-corrected chi connectivity index (χ0v) is 8.86. The van der Waals surface area contributed by atoms with Crippen LogP contribution in [0.3, 0.4) is 0 Å². The zero-order chi connectivity index (χ0) is 10.7. The van der Waals surface area contributed by atoms with Gasteiger partial charge >= 0.3 is 0 Å². The van der Waals surface area contributed by atoms with Crippen molar-refractivity contribution in [1.29, 1.82) is 0 Å². The Balaban J connectivity index is 2.28. The number of benzene rings is 1. The maximum atomic E-state index is 5.57. The number of rotatable bonds is 3. The largest absolute Gasteiger partial charge is 0.460 e. The Hall–Kier alpha value is -1.54. The van der Waals surface area contributed by atoms with Crippen LogP contribution < -0.4 is 5.73 Å². The van der Waals surface area contributed by atoms with E-state index in [1.807, 2.05) is 12.1 Å². The molecule has 0 atom stereocenters. The third-order valence-corrected chi connectivity index (χ3v) is 2.51. The second-order valence-corrected chi connectivity index (χ2v) is 3.52. The molecule has 0 fully saturated rings. The maximum absolute atomic E-state index is 5.57. The molecule has 2 rings (SSSR count). The summed E-state index contributed by atoms with van der Waals surface area (Å²) < 4.78 is 5.57. The number of furan rings is 1. The highest BCUT2D eigenvalue weighted by Gasteiger charge is 2.02. The van der Waals surface area contributed by atoms with E-state index < -0.39 is 0 Å². The van der Waals surface area contributed by atoms with Gasteiger partial charge in [0.25, 0.3) is 0 Å². The lowest BCUT2D eigenvalue weighted by Crippen LogP contribution is -1.92. The molecule has 0 radical (unpaired) electrons. The topological polar surface area (TPSA) is 39.2 Å². The monoisotopic (exact) mass is 201 g/mol. The van der Waals surface area contributed by atoms with E-state index in [-0.39, 0.29) is 0 Å². The number of aryl methyl sites for hydroxylation is 1. The number of nitrogens with two attached hydrogens (primary N) is 1. The lowest BCUT2D eigenvalue weighted by Gasteiger charge is -1.99. The second-order valence-electron chi connectivity index (χ2n) is 3.52. The minimum Gasteiger partial charge on any atom is -0.460 e. The Kier molecular flexibility index (Phi) is 2.88. The van der Waals surface area contributed by atoms with Crippen LogP contribution in [0.25, 0.3) is 11.3 Å². The van der Waals surface area contributed by atoms with E-state index in [1.54, 1.807) is 0 Å². The first-order valence-corrected chi connectivity index (χ1v) is 5.21. The predicted molar refractivity (Wildman–Crippen MR) is 61.4 cm³/mol.